The molecule has 1 aliphatic rings. The Morgan fingerprint density at radius 2 is 2.22 bits per heavy atom. The van der Waals surface area contributed by atoms with Crippen LogP contribution in [0.25, 0.3) is 11.2 Å². The molecule has 0 radical (unpaired) electrons. The van der Waals surface area contributed by atoms with E-state index in [0.717, 1.165) is 25.7 Å². The molecule has 3 aromatic rings. The zero-order chi connectivity index (χ0) is 18.8. The Labute approximate surface area is 155 Å². The topological polar surface area (TPSA) is 122 Å². The number of nitrogens with zero attached hydrogens (tertiary/aromatic N) is 5. The SMILES string of the molecule is COc1ncccc1Nc1ncc2[nH]c(=O)n([C@@H]3CCCC[C@H]3C#N)c2n1. The van der Waals surface area contributed by atoms with Crippen LogP contribution < -0.4 is 15.7 Å². The van der Waals surface area contributed by atoms with Gasteiger partial charge in [0.25, 0.3) is 0 Å². The molecule has 1 aliphatic carbocycles. The number of methoxy groups -OCH3 is 1. The van der Waals surface area contributed by atoms with Crippen molar-refractivity contribution in [3.05, 3.63) is 35.0 Å². The largest absolute Gasteiger partial charge is 0.480 e. The van der Waals surface area contributed by atoms with Crippen molar-refractivity contribution in [1.82, 2.24) is 24.5 Å². The van der Waals surface area contributed by atoms with Crippen LogP contribution >= 0.6 is 0 Å². The highest BCUT2D eigenvalue weighted by molar-refractivity contribution is 5.72. The van der Waals surface area contributed by atoms with Crippen molar-refractivity contribution in [3.63, 3.8) is 0 Å². The minimum Gasteiger partial charge on any atom is -0.480 e. The number of rotatable bonds is 4. The van der Waals surface area contributed by atoms with E-state index in [1.54, 1.807) is 29.1 Å². The standard InChI is InChI=1S/C18H19N7O2/c1-27-16-12(6-4-8-20-16)22-17-21-10-13-15(24-17)25(18(26)23-13)14-7-3-2-5-11(14)9-19/h4,6,8,10-11,14H,2-3,5,7H2,1H3,(H,23,26)(H,21,22,24)/t11-,14+/m0/s1. The van der Waals surface area contributed by atoms with Crippen molar-refractivity contribution < 1.29 is 4.74 Å². The van der Waals surface area contributed by atoms with Gasteiger partial charge in [-0.15, -0.1) is 0 Å². The highest BCUT2D eigenvalue weighted by atomic mass is 16.5. The molecule has 27 heavy (non-hydrogen) atoms. The first-order chi connectivity index (χ1) is 13.2. The van der Waals surface area contributed by atoms with Gasteiger partial charge in [-0.1, -0.05) is 12.8 Å². The van der Waals surface area contributed by atoms with Gasteiger partial charge in [-0.2, -0.15) is 10.2 Å². The van der Waals surface area contributed by atoms with Crippen LogP contribution in [-0.4, -0.2) is 31.6 Å². The molecule has 0 saturated heterocycles. The highest BCUT2D eigenvalue weighted by Gasteiger charge is 2.29. The Hall–Kier alpha value is -3.41. The van der Waals surface area contributed by atoms with Crippen molar-refractivity contribution >= 4 is 22.8 Å². The summed E-state index contributed by atoms with van der Waals surface area (Å²) in [5.41, 5.74) is 1.40. The molecule has 4 rings (SSSR count). The molecule has 0 unspecified atom stereocenters. The minimum absolute atomic E-state index is 0.180. The molecule has 0 amide bonds. The molecular formula is C18H19N7O2. The van der Waals surface area contributed by atoms with Crippen LogP contribution in [-0.2, 0) is 0 Å². The maximum absolute atomic E-state index is 12.5. The Balaban J connectivity index is 1.76. The number of nitriles is 1. The molecular weight excluding hydrogens is 346 g/mol. The number of aromatic amines is 1. The number of nitrogens with one attached hydrogen (secondary N) is 2. The Bertz CT molecular complexity index is 1070. The summed E-state index contributed by atoms with van der Waals surface area (Å²) >= 11 is 0. The van der Waals surface area contributed by atoms with Gasteiger partial charge >= 0.3 is 5.69 Å². The summed E-state index contributed by atoms with van der Waals surface area (Å²) in [6, 6.07) is 5.74. The Morgan fingerprint density at radius 3 is 3.04 bits per heavy atom. The van der Waals surface area contributed by atoms with Crippen molar-refractivity contribution in [3.8, 4) is 11.9 Å². The van der Waals surface area contributed by atoms with E-state index >= 15 is 0 Å². The third kappa shape index (κ3) is 3.10. The number of hydrogen-bond donors (Lipinski definition) is 2. The highest BCUT2D eigenvalue weighted by Crippen LogP contribution is 2.34. The molecule has 2 N–H and O–H groups in total. The minimum atomic E-state index is -0.262. The molecule has 0 spiro atoms. The maximum Gasteiger partial charge on any atom is 0.328 e. The van der Waals surface area contributed by atoms with Gasteiger partial charge in [0.1, 0.15) is 11.2 Å². The second-order valence-electron chi connectivity index (χ2n) is 6.50. The molecule has 0 aromatic carbocycles. The summed E-state index contributed by atoms with van der Waals surface area (Å²) < 4.78 is 6.84. The first-order valence-electron chi connectivity index (χ1n) is 8.84. The molecule has 0 bridgehead atoms. The van der Waals surface area contributed by atoms with E-state index in [-0.39, 0.29) is 17.6 Å². The number of ether oxygens (including phenoxy) is 1. The summed E-state index contributed by atoms with van der Waals surface area (Å²) in [6.07, 6.45) is 6.77. The van der Waals surface area contributed by atoms with Crippen LogP contribution in [0.2, 0.25) is 0 Å². The number of imidazole rings is 1. The number of hydrogen-bond acceptors (Lipinski definition) is 7. The summed E-state index contributed by atoms with van der Waals surface area (Å²) in [5, 5.41) is 12.6. The normalized spacial score (nSPS) is 19.6. The van der Waals surface area contributed by atoms with Gasteiger partial charge < -0.3 is 15.0 Å². The van der Waals surface area contributed by atoms with Crippen molar-refractivity contribution in [2.45, 2.75) is 31.7 Å². The van der Waals surface area contributed by atoms with E-state index in [4.69, 9.17) is 4.74 Å². The zero-order valence-electron chi connectivity index (χ0n) is 14.8. The molecule has 9 nitrogen and oxygen atoms in total. The lowest BCUT2D eigenvalue weighted by Crippen LogP contribution is -2.29. The fourth-order valence-corrected chi connectivity index (χ4v) is 3.62. The van der Waals surface area contributed by atoms with Crippen LogP contribution in [0.1, 0.15) is 31.7 Å². The smallest absolute Gasteiger partial charge is 0.328 e. The molecule has 138 valence electrons. The monoisotopic (exact) mass is 365 g/mol. The number of fused-ring (bicyclic) bond motifs is 1. The lowest BCUT2D eigenvalue weighted by atomic mass is 9.85. The summed E-state index contributed by atoms with van der Waals surface area (Å²) in [6.45, 7) is 0. The number of aromatic nitrogens is 5. The molecule has 1 fully saturated rings. The fourth-order valence-electron chi connectivity index (χ4n) is 3.62. The van der Waals surface area contributed by atoms with E-state index in [1.807, 2.05) is 0 Å². The van der Waals surface area contributed by atoms with Crippen molar-refractivity contribution in [2.24, 2.45) is 5.92 Å². The van der Waals surface area contributed by atoms with Crippen LogP contribution in [0.3, 0.4) is 0 Å². The number of anilines is 2. The predicted octanol–water partition coefficient (Wildman–Crippen LogP) is 2.52. The number of pyridine rings is 1. The van der Waals surface area contributed by atoms with Gasteiger partial charge in [-0.25, -0.2) is 14.8 Å². The summed E-state index contributed by atoms with van der Waals surface area (Å²) in [4.78, 5) is 28.3. The van der Waals surface area contributed by atoms with Crippen LogP contribution in [0.15, 0.2) is 29.3 Å². The van der Waals surface area contributed by atoms with Crippen LogP contribution in [0.5, 0.6) is 5.88 Å². The lowest BCUT2D eigenvalue weighted by molar-refractivity contribution is 0.289. The number of H-pyrrole nitrogens is 1. The van der Waals surface area contributed by atoms with Gasteiger partial charge in [-0.3, -0.25) is 4.57 Å². The average molecular weight is 365 g/mol. The second-order valence-corrected chi connectivity index (χ2v) is 6.50. The Kier molecular flexibility index (Phi) is 4.46. The fraction of sp³-hybridized carbons (Fsp3) is 0.389. The zero-order valence-corrected chi connectivity index (χ0v) is 14.8. The lowest BCUT2D eigenvalue weighted by Gasteiger charge is -2.27. The molecule has 9 heteroatoms. The molecule has 3 heterocycles. The second kappa shape index (κ2) is 7.07. The summed E-state index contributed by atoms with van der Waals surface area (Å²) in [5.74, 6) is 0.551. The predicted molar refractivity (Wildman–Crippen MR) is 98.8 cm³/mol. The quantitative estimate of drug-likeness (QED) is 0.728. The van der Waals surface area contributed by atoms with Crippen molar-refractivity contribution in [1.29, 1.82) is 5.26 Å². The first kappa shape index (κ1) is 17.0. The van der Waals surface area contributed by atoms with Gasteiger partial charge in [0.05, 0.1) is 31.3 Å². The summed E-state index contributed by atoms with van der Waals surface area (Å²) in [7, 11) is 1.53. The Morgan fingerprint density at radius 1 is 1.37 bits per heavy atom. The first-order valence-corrected chi connectivity index (χ1v) is 8.84. The third-order valence-electron chi connectivity index (χ3n) is 4.90. The van der Waals surface area contributed by atoms with E-state index in [9.17, 15) is 10.1 Å². The van der Waals surface area contributed by atoms with E-state index in [2.05, 4.69) is 31.3 Å². The van der Waals surface area contributed by atoms with Gasteiger partial charge in [0.15, 0.2) is 5.65 Å². The van der Waals surface area contributed by atoms with E-state index in [1.165, 1.54) is 7.11 Å². The van der Waals surface area contributed by atoms with Gasteiger partial charge in [-0.05, 0) is 25.0 Å². The third-order valence-corrected chi connectivity index (χ3v) is 4.90. The van der Waals surface area contributed by atoms with Crippen LogP contribution in [0, 0.1) is 17.2 Å². The molecule has 1 saturated carbocycles. The van der Waals surface area contributed by atoms with E-state index in [0.29, 0.717) is 28.7 Å². The van der Waals surface area contributed by atoms with Crippen LogP contribution in [0.4, 0.5) is 11.6 Å². The van der Waals surface area contributed by atoms with Gasteiger partial charge in [0.2, 0.25) is 11.8 Å². The molecule has 0 aliphatic heterocycles. The average Bonchev–Trinajstić information content (AvgIpc) is 3.03. The van der Waals surface area contributed by atoms with E-state index < -0.39 is 0 Å². The molecule has 3 aromatic heterocycles. The maximum atomic E-state index is 12.5. The molecule has 2 atom stereocenters. The van der Waals surface area contributed by atoms with Crippen molar-refractivity contribution in [2.75, 3.05) is 12.4 Å². The van der Waals surface area contributed by atoms with Gasteiger partial charge in [0, 0.05) is 6.20 Å².